The Morgan fingerprint density at radius 2 is 1.67 bits per heavy atom. The summed E-state index contributed by atoms with van der Waals surface area (Å²) in [5.41, 5.74) is 0.872. The Labute approximate surface area is 101 Å². The molecule has 0 aliphatic carbocycles. The molecule has 1 aromatic rings. The van der Waals surface area contributed by atoms with Gasteiger partial charge in [-0.15, -0.1) is 0 Å². The van der Waals surface area contributed by atoms with Crippen LogP contribution in [0.1, 0.15) is 13.8 Å². The van der Waals surface area contributed by atoms with Crippen molar-refractivity contribution in [1.82, 2.24) is 0 Å². The van der Waals surface area contributed by atoms with E-state index < -0.39 is 0 Å². The molecule has 0 fully saturated rings. The van der Waals surface area contributed by atoms with Gasteiger partial charge in [-0.3, -0.25) is 0 Å². The van der Waals surface area contributed by atoms with Crippen molar-refractivity contribution < 1.29 is 4.74 Å². The van der Waals surface area contributed by atoms with E-state index in [0.717, 1.165) is 18.8 Å². The Bertz CT molecular complexity index is 338. The van der Waals surface area contributed by atoms with Crippen LogP contribution in [0.3, 0.4) is 0 Å². The van der Waals surface area contributed by atoms with Crippen LogP contribution in [0.4, 0.5) is 5.69 Å². The highest BCUT2D eigenvalue weighted by atomic mass is 35.5. The lowest BCUT2D eigenvalue weighted by molar-refractivity contribution is 0.415. The minimum atomic E-state index is 0.587. The monoisotopic (exact) mass is 247 g/mol. The Hall–Kier alpha value is -0.600. The van der Waals surface area contributed by atoms with Crippen molar-refractivity contribution in [1.29, 1.82) is 0 Å². The highest BCUT2D eigenvalue weighted by Gasteiger charge is 2.16. The molecule has 1 rings (SSSR count). The molecular formula is C11H15Cl2NO. The van der Waals surface area contributed by atoms with Crippen molar-refractivity contribution in [2.75, 3.05) is 25.1 Å². The number of anilines is 1. The summed E-state index contributed by atoms with van der Waals surface area (Å²) in [7, 11) is 1.60. The molecule has 0 saturated carbocycles. The summed E-state index contributed by atoms with van der Waals surface area (Å²) in [5, 5.41) is 1.25. The van der Waals surface area contributed by atoms with E-state index >= 15 is 0 Å². The predicted octanol–water partition coefficient (Wildman–Crippen LogP) is 3.85. The van der Waals surface area contributed by atoms with Crippen molar-refractivity contribution >= 4 is 28.9 Å². The number of halogens is 2. The van der Waals surface area contributed by atoms with Crippen LogP contribution in [0.2, 0.25) is 10.0 Å². The fourth-order valence-corrected chi connectivity index (χ4v) is 2.05. The first-order chi connectivity index (χ1) is 7.15. The lowest BCUT2D eigenvalue weighted by atomic mass is 10.2. The third kappa shape index (κ3) is 2.50. The lowest BCUT2D eigenvalue weighted by Crippen LogP contribution is -2.22. The summed E-state index contributed by atoms with van der Waals surface area (Å²) in [6, 6.07) is 3.54. The van der Waals surface area contributed by atoms with Crippen molar-refractivity contribution in [2.24, 2.45) is 0 Å². The van der Waals surface area contributed by atoms with E-state index in [4.69, 9.17) is 27.9 Å². The maximum atomic E-state index is 6.15. The standard InChI is InChI=1S/C11H15Cl2NO/c1-4-14(5-2)10-8(12)6-7-9(13)11(10)15-3/h6-7H,4-5H2,1-3H3. The summed E-state index contributed by atoms with van der Waals surface area (Å²) < 4.78 is 5.28. The van der Waals surface area contributed by atoms with Gasteiger partial charge in [-0.05, 0) is 26.0 Å². The molecule has 1 aromatic carbocycles. The summed E-state index contributed by atoms with van der Waals surface area (Å²) in [6.45, 7) is 5.88. The fourth-order valence-electron chi connectivity index (χ4n) is 1.55. The Balaban J connectivity index is 3.29. The third-order valence-electron chi connectivity index (χ3n) is 2.32. The van der Waals surface area contributed by atoms with E-state index in [1.165, 1.54) is 0 Å². The van der Waals surface area contributed by atoms with Crippen molar-refractivity contribution in [3.63, 3.8) is 0 Å². The minimum absolute atomic E-state index is 0.587. The number of methoxy groups -OCH3 is 1. The maximum absolute atomic E-state index is 6.15. The molecule has 0 aliphatic rings. The Morgan fingerprint density at radius 3 is 2.13 bits per heavy atom. The van der Waals surface area contributed by atoms with E-state index in [9.17, 15) is 0 Å². The SMILES string of the molecule is CCN(CC)c1c(Cl)ccc(Cl)c1OC. The lowest BCUT2D eigenvalue weighted by Gasteiger charge is -2.25. The quantitative estimate of drug-likeness (QED) is 0.802. The third-order valence-corrected chi connectivity index (χ3v) is 2.92. The van der Waals surface area contributed by atoms with E-state index in [-0.39, 0.29) is 0 Å². The van der Waals surface area contributed by atoms with Gasteiger partial charge in [0.2, 0.25) is 0 Å². The van der Waals surface area contributed by atoms with Gasteiger partial charge in [0, 0.05) is 13.1 Å². The topological polar surface area (TPSA) is 12.5 Å². The zero-order chi connectivity index (χ0) is 11.4. The number of nitrogens with zero attached hydrogens (tertiary/aromatic N) is 1. The molecule has 2 nitrogen and oxygen atoms in total. The smallest absolute Gasteiger partial charge is 0.162 e. The van der Waals surface area contributed by atoms with Crippen LogP contribution in [0.5, 0.6) is 5.75 Å². The zero-order valence-electron chi connectivity index (χ0n) is 9.18. The Kier molecular flexibility index (Phi) is 4.55. The van der Waals surface area contributed by atoms with Gasteiger partial charge in [0.05, 0.1) is 22.8 Å². The van der Waals surface area contributed by atoms with Gasteiger partial charge in [-0.2, -0.15) is 0 Å². The van der Waals surface area contributed by atoms with Crippen molar-refractivity contribution in [2.45, 2.75) is 13.8 Å². The van der Waals surface area contributed by atoms with E-state index in [2.05, 4.69) is 18.7 Å². The van der Waals surface area contributed by atoms with Crippen LogP contribution in [-0.2, 0) is 0 Å². The van der Waals surface area contributed by atoms with Crippen LogP contribution < -0.4 is 9.64 Å². The van der Waals surface area contributed by atoms with E-state index in [1.54, 1.807) is 19.2 Å². The van der Waals surface area contributed by atoms with Crippen LogP contribution in [0, 0.1) is 0 Å². The molecule has 0 spiro atoms. The Morgan fingerprint density at radius 1 is 1.13 bits per heavy atom. The molecule has 0 radical (unpaired) electrons. The van der Waals surface area contributed by atoms with Gasteiger partial charge in [0.1, 0.15) is 0 Å². The number of benzene rings is 1. The molecule has 0 N–H and O–H groups in total. The molecular weight excluding hydrogens is 233 g/mol. The zero-order valence-corrected chi connectivity index (χ0v) is 10.7. The molecule has 15 heavy (non-hydrogen) atoms. The van der Waals surface area contributed by atoms with Gasteiger partial charge in [0.25, 0.3) is 0 Å². The fraction of sp³-hybridized carbons (Fsp3) is 0.455. The summed E-state index contributed by atoms with van der Waals surface area (Å²) in [4.78, 5) is 2.12. The molecule has 0 heterocycles. The van der Waals surface area contributed by atoms with E-state index in [1.807, 2.05) is 0 Å². The van der Waals surface area contributed by atoms with Gasteiger partial charge in [0.15, 0.2) is 5.75 Å². The average Bonchev–Trinajstić information content (AvgIpc) is 2.25. The molecule has 4 heteroatoms. The highest BCUT2D eigenvalue weighted by molar-refractivity contribution is 6.36. The largest absolute Gasteiger partial charge is 0.493 e. The normalized spacial score (nSPS) is 10.2. The maximum Gasteiger partial charge on any atom is 0.162 e. The molecule has 0 aromatic heterocycles. The van der Waals surface area contributed by atoms with Crippen LogP contribution >= 0.6 is 23.2 Å². The highest BCUT2D eigenvalue weighted by Crippen LogP contribution is 2.40. The number of hydrogen-bond donors (Lipinski definition) is 0. The molecule has 0 bridgehead atoms. The first-order valence-electron chi connectivity index (χ1n) is 4.92. The molecule has 0 amide bonds. The molecule has 0 saturated heterocycles. The minimum Gasteiger partial charge on any atom is -0.493 e. The average molecular weight is 248 g/mol. The van der Waals surface area contributed by atoms with Crippen molar-refractivity contribution in [3.05, 3.63) is 22.2 Å². The van der Waals surface area contributed by atoms with Gasteiger partial charge < -0.3 is 9.64 Å². The summed E-state index contributed by atoms with van der Waals surface area (Å²) in [5.74, 6) is 0.646. The summed E-state index contributed by atoms with van der Waals surface area (Å²) in [6.07, 6.45) is 0. The number of ether oxygens (including phenoxy) is 1. The number of hydrogen-bond acceptors (Lipinski definition) is 2. The predicted molar refractivity (Wildman–Crippen MR) is 66.6 cm³/mol. The van der Waals surface area contributed by atoms with Crippen molar-refractivity contribution in [3.8, 4) is 5.75 Å². The van der Waals surface area contributed by atoms with Crippen LogP contribution in [0.15, 0.2) is 12.1 Å². The second kappa shape index (κ2) is 5.47. The number of rotatable bonds is 4. The second-order valence-corrected chi connectivity index (χ2v) is 3.90. The molecule has 0 unspecified atom stereocenters. The first-order valence-corrected chi connectivity index (χ1v) is 5.68. The van der Waals surface area contributed by atoms with Gasteiger partial charge in [-0.25, -0.2) is 0 Å². The van der Waals surface area contributed by atoms with Crippen LogP contribution in [0.25, 0.3) is 0 Å². The second-order valence-electron chi connectivity index (χ2n) is 3.08. The molecule has 84 valence electrons. The first kappa shape index (κ1) is 12.5. The van der Waals surface area contributed by atoms with Gasteiger partial charge >= 0.3 is 0 Å². The summed E-state index contributed by atoms with van der Waals surface area (Å²) >= 11 is 12.2. The van der Waals surface area contributed by atoms with Crippen LogP contribution in [-0.4, -0.2) is 20.2 Å². The molecule has 0 atom stereocenters. The van der Waals surface area contributed by atoms with E-state index in [0.29, 0.717) is 15.8 Å². The van der Waals surface area contributed by atoms with Gasteiger partial charge in [-0.1, -0.05) is 23.2 Å². The molecule has 0 aliphatic heterocycles.